The van der Waals surface area contributed by atoms with Gasteiger partial charge in [0.25, 0.3) is 0 Å². The average Bonchev–Trinajstić information content (AvgIpc) is 2.07. The van der Waals surface area contributed by atoms with Crippen LogP contribution >= 0.6 is 12.2 Å². The van der Waals surface area contributed by atoms with E-state index in [1.807, 2.05) is 20.8 Å². The maximum Gasteiger partial charge on any atom is 0.123 e. The van der Waals surface area contributed by atoms with E-state index >= 15 is 0 Å². The lowest BCUT2D eigenvalue weighted by atomic mass is 9.96. The standard InChI is InChI=1S/C11H14FNS/c1-11(2,3)10(14)13-9-6-4-8(12)5-7-9/h4-7H,1-3H3,(H,13,14). The van der Waals surface area contributed by atoms with Crippen molar-refractivity contribution in [1.82, 2.24) is 0 Å². The van der Waals surface area contributed by atoms with E-state index in [1.54, 1.807) is 12.1 Å². The van der Waals surface area contributed by atoms with E-state index in [0.717, 1.165) is 10.7 Å². The minimum absolute atomic E-state index is 0.0658. The first-order valence-corrected chi connectivity index (χ1v) is 4.87. The number of hydrogen-bond donors (Lipinski definition) is 1. The third-order valence-corrected chi connectivity index (χ3v) is 2.50. The Morgan fingerprint density at radius 3 is 2.14 bits per heavy atom. The van der Waals surface area contributed by atoms with Crippen LogP contribution in [0.2, 0.25) is 0 Å². The number of rotatable bonds is 1. The second-order valence-electron chi connectivity index (χ2n) is 4.21. The predicted molar refractivity (Wildman–Crippen MR) is 62.1 cm³/mol. The summed E-state index contributed by atoms with van der Waals surface area (Å²) in [7, 11) is 0. The van der Waals surface area contributed by atoms with Gasteiger partial charge in [0, 0.05) is 11.1 Å². The summed E-state index contributed by atoms with van der Waals surface area (Å²) in [6.45, 7) is 6.10. The summed E-state index contributed by atoms with van der Waals surface area (Å²) >= 11 is 5.20. The Kier molecular flexibility index (Phi) is 3.21. The van der Waals surface area contributed by atoms with Crippen LogP contribution in [-0.4, -0.2) is 4.99 Å². The maximum atomic E-state index is 12.6. The van der Waals surface area contributed by atoms with Crippen molar-refractivity contribution in [3.8, 4) is 0 Å². The van der Waals surface area contributed by atoms with E-state index in [2.05, 4.69) is 5.32 Å². The molecule has 0 unspecified atom stereocenters. The lowest BCUT2D eigenvalue weighted by Crippen LogP contribution is -2.25. The molecule has 0 atom stereocenters. The number of benzene rings is 1. The van der Waals surface area contributed by atoms with Crippen LogP contribution in [0, 0.1) is 11.2 Å². The molecule has 0 aliphatic carbocycles. The highest BCUT2D eigenvalue weighted by atomic mass is 32.1. The zero-order valence-corrected chi connectivity index (χ0v) is 9.41. The number of hydrogen-bond acceptors (Lipinski definition) is 1. The van der Waals surface area contributed by atoms with Gasteiger partial charge in [-0.2, -0.15) is 0 Å². The molecule has 1 rings (SSSR count). The van der Waals surface area contributed by atoms with Crippen molar-refractivity contribution >= 4 is 22.9 Å². The van der Waals surface area contributed by atoms with E-state index < -0.39 is 0 Å². The Balaban J connectivity index is 2.71. The monoisotopic (exact) mass is 211 g/mol. The van der Waals surface area contributed by atoms with Crippen molar-refractivity contribution < 1.29 is 4.39 Å². The molecule has 0 amide bonds. The van der Waals surface area contributed by atoms with Crippen molar-refractivity contribution in [2.45, 2.75) is 20.8 Å². The molecule has 0 saturated carbocycles. The summed E-state index contributed by atoms with van der Waals surface area (Å²) in [4.78, 5) is 0.754. The van der Waals surface area contributed by atoms with Crippen molar-refractivity contribution in [3.63, 3.8) is 0 Å². The molecule has 1 aromatic rings. The molecule has 0 radical (unpaired) electrons. The molecule has 3 heteroatoms. The van der Waals surface area contributed by atoms with Gasteiger partial charge in [0.15, 0.2) is 0 Å². The zero-order valence-electron chi connectivity index (χ0n) is 8.60. The van der Waals surface area contributed by atoms with Crippen LogP contribution in [0.25, 0.3) is 0 Å². The Hall–Kier alpha value is -0.960. The van der Waals surface area contributed by atoms with E-state index in [0.29, 0.717) is 0 Å². The van der Waals surface area contributed by atoms with Crippen molar-refractivity contribution in [3.05, 3.63) is 30.1 Å². The van der Waals surface area contributed by atoms with Gasteiger partial charge in [-0.1, -0.05) is 33.0 Å². The molecular formula is C11H14FNS. The van der Waals surface area contributed by atoms with Gasteiger partial charge >= 0.3 is 0 Å². The normalized spacial score (nSPS) is 11.1. The van der Waals surface area contributed by atoms with E-state index in [9.17, 15) is 4.39 Å². The first kappa shape index (κ1) is 11.1. The summed E-state index contributed by atoms with van der Waals surface area (Å²) in [5.41, 5.74) is 0.760. The molecule has 1 nitrogen and oxygen atoms in total. The van der Waals surface area contributed by atoms with Crippen LogP contribution in [0.3, 0.4) is 0 Å². The highest BCUT2D eigenvalue weighted by Crippen LogP contribution is 2.18. The van der Waals surface area contributed by atoms with Crippen LogP contribution in [0.5, 0.6) is 0 Å². The van der Waals surface area contributed by atoms with Crippen molar-refractivity contribution in [1.29, 1.82) is 0 Å². The Morgan fingerprint density at radius 1 is 1.21 bits per heavy atom. The van der Waals surface area contributed by atoms with Crippen molar-refractivity contribution in [2.75, 3.05) is 5.32 Å². The maximum absolute atomic E-state index is 12.6. The van der Waals surface area contributed by atoms with Gasteiger partial charge < -0.3 is 5.32 Å². The summed E-state index contributed by atoms with van der Waals surface area (Å²) in [6, 6.07) is 6.17. The SMILES string of the molecule is CC(C)(C)C(=S)Nc1ccc(F)cc1. The van der Waals surface area contributed by atoms with Crippen LogP contribution in [0.15, 0.2) is 24.3 Å². The summed E-state index contributed by atoms with van der Waals surface area (Å²) in [6.07, 6.45) is 0. The van der Waals surface area contributed by atoms with Gasteiger partial charge in [0.1, 0.15) is 5.82 Å². The molecule has 0 aliphatic heterocycles. The fourth-order valence-corrected chi connectivity index (χ4v) is 0.970. The lowest BCUT2D eigenvalue weighted by molar-refractivity contribution is 0.599. The lowest BCUT2D eigenvalue weighted by Gasteiger charge is -2.21. The van der Waals surface area contributed by atoms with Crippen molar-refractivity contribution in [2.24, 2.45) is 5.41 Å². The molecule has 0 bridgehead atoms. The molecule has 0 saturated heterocycles. The molecule has 0 aromatic heterocycles. The Morgan fingerprint density at radius 2 is 1.71 bits per heavy atom. The number of nitrogens with one attached hydrogen (secondary N) is 1. The summed E-state index contributed by atoms with van der Waals surface area (Å²) in [5.74, 6) is -0.239. The largest absolute Gasteiger partial charge is 0.350 e. The smallest absolute Gasteiger partial charge is 0.123 e. The van der Waals surface area contributed by atoms with Gasteiger partial charge in [0.2, 0.25) is 0 Å². The van der Waals surface area contributed by atoms with Crippen LogP contribution in [0.4, 0.5) is 10.1 Å². The second kappa shape index (κ2) is 4.05. The zero-order chi connectivity index (χ0) is 10.8. The van der Waals surface area contributed by atoms with E-state index in [4.69, 9.17) is 12.2 Å². The fraction of sp³-hybridized carbons (Fsp3) is 0.364. The minimum atomic E-state index is -0.239. The summed E-state index contributed by atoms with van der Waals surface area (Å²) in [5, 5.41) is 3.07. The van der Waals surface area contributed by atoms with E-state index in [-0.39, 0.29) is 11.2 Å². The molecular weight excluding hydrogens is 197 g/mol. The van der Waals surface area contributed by atoms with Gasteiger partial charge in [-0.25, -0.2) is 4.39 Å². The third-order valence-electron chi connectivity index (χ3n) is 1.78. The number of anilines is 1. The molecule has 0 fully saturated rings. The van der Waals surface area contributed by atoms with Crippen LogP contribution in [-0.2, 0) is 0 Å². The molecule has 1 aromatic carbocycles. The topological polar surface area (TPSA) is 12.0 Å². The van der Waals surface area contributed by atoms with Gasteiger partial charge in [0.05, 0.1) is 4.99 Å². The Bertz CT molecular complexity index is 324. The van der Waals surface area contributed by atoms with Gasteiger partial charge in [-0.3, -0.25) is 0 Å². The Labute approximate surface area is 89.3 Å². The molecule has 0 spiro atoms. The molecule has 1 N–H and O–H groups in total. The minimum Gasteiger partial charge on any atom is -0.350 e. The van der Waals surface area contributed by atoms with Crippen LogP contribution < -0.4 is 5.32 Å². The molecule has 0 heterocycles. The van der Waals surface area contributed by atoms with E-state index in [1.165, 1.54) is 12.1 Å². The highest BCUT2D eigenvalue weighted by molar-refractivity contribution is 7.80. The van der Waals surface area contributed by atoms with Gasteiger partial charge in [-0.15, -0.1) is 0 Å². The molecule has 14 heavy (non-hydrogen) atoms. The average molecular weight is 211 g/mol. The highest BCUT2D eigenvalue weighted by Gasteiger charge is 2.16. The summed E-state index contributed by atoms with van der Waals surface area (Å²) < 4.78 is 12.6. The first-order chi connectivity index (χ1) is 6.39. The quantitative estimate of drug-likeness (QED) is 0.712. The van der Waals surface area contributed by atoms with Crippen LogP contribution in [0.1, 0.15) is 20.8 Å². The second-order valence-corrected chi connectivity index (χ2v) is 4.62. The first-order valence-electron chi connectivity index (χ1n) is 4.46. The molecule has 0 aliphatic rings. The predicted octanol–water partition coefficient (Wildman–Crippen LogP) is 3.61. The van der Waals surface area contributed by atoms with Gasteiger partial charge in [-0.05, 0) is 24.3 Å². The third kappa shape index (κ3) is 3.07. The number of halogens is 1. The fourth-order valence-electron chi connectivity index (χ4n) is 0.852. The number of thiocarbonyl (C=S) groups is 1. The molecule has 76 valence electrons.